The van der Waals surface area contributed by atoms with Crippen LogP contribution in [0.5, 0.6) is 5.75 Å². The van der Waals surface area contributed by atoms with Gasteiger partial charge in [-0.05, 0) is 30.5 Å². The van der Waals surface area contributed by atoms with Crippen LogP contribution in [0.25, 0.3) is 6.08 Å². The minimum atomic E-state index is -1.11. The highest BCUT2D eigenvalue weighted by atomic mass is 16.6. The van der Waals surface area contributed by atoms with E-state index in [0.717, 1.165) is 18.9 Å². The molecule has 0 unspecified atom stereocenters. The van der Waals surface area contributed by atoms with Crippen LogP contribution < -0.4 is 4.74 Å². The second-order valence-electron chi connectivity index (χ2n) is 4.20. The van der Waals surface area contributed by atoms with Gasteiger partial charge in [-0.3, -0.25) is 10.1 Å². The van der Waals surface area contributed by atoms with E-state index in [9.17, 15) is 14.9 Å². The molecule has 21 heavy (non-hydrogen) atoms. The normalized spacial score (nSPS) is 10.7. The fraction of sp³-hybridized carbons (Fsp3) is 0.357. The maximum atomic E-state index is 11.0. The summed E-state index contributed by atoms with van der Waals surface area (Å²) < 4.78 is 10.3. The minimum Gasteiger partial charge on any atom is -0.487 e. The van der Waals surface area contributed by atoms with Crippen LogP contribution in [-0.4, -0.2) is 36.3 Å². The summed E-state index contributed by atoms with van der Waals surface area (Å²) in [6.45, 7) is 0.971. The lowest BCUT2D eigenvalue weighted by atomic mass is 10.1. The number of carboxylic acids is 1. The van der Waals surface area contributed by atoms with E-state index in [0.29, 0.717) is 18.8 Å². The molecule has 0 radical (unpaired) electrons. The van der Waals surface area contributed by atoms with Gasteiger partial charge in [0.25, 0.3) is 0 Å². The van der Waals surface area contributed by atoms with Crippen LogP contribution in [0, 0.1) is 10.1 Å². The molecule has 7 heteroatoms. The van der Waals surface area contributed by atoms with E-state index in [1.54, 1.807) is 13.2 Å². The second-order valence-corrected chi connectivity index (χ2v) is 4.20. The van der Waals surface area contributed by atoms with E-state index in [1.165, 1.54) is 18.2 Å². The number of carboxylic acid groups (broad SMARTS) is 1. The lowest BCUT2D eigenvalue weighted by molar-refractivity contribution is -0.385. The maximum Gasteiger partial charge on any atom is 0.328 e. The van der Waals surface area contributed by atoms with Crippen LogP contribution >= 0.6 is 0 Å². The highest BCUT2D eigenvalue weighted by Gasteiger charge is 2.15. The van der Waals surface area contributed by atoms with Crippen LogP contribution in [0.15, 0.2) is 24.3 Å². The number of nitrogens with zero attached hydrogens (tertiary/aromatic N) is 1. The maximum absolute atomic E-state index is 11.0. The van der Waals surface area contributed by atoms with Crippen molar-refractivity contribution in [1.29, 1.82) is 0 Å². The molecule has 0 atom stereocenters. The van der Waals surface area contributed by atoms with Gasteiger partial charge >= 0.3 is 11.7 Å². The minimum absolute atomic E-state index is 0.171. The monoisotopic (exact) mass is 295 g/mol. The number of nitro groups is 1. The molecule has 114 valence electrons. The summed E-state index contributed by atoms with van der Waals surface area (Å²) in [6.07, 6.45) is 3.75. The third-order valence-corrected chi connectivity index (χ3v) is 2.60. The van der Waals surface area contributed by atoms with Crippen LogP contribution in [0.4, 0.5) is 5.69 Å². The third-order valence-electron chi connectivity index (χ3n) is 2.60. The molecule has 7 nitrogen and oxygen atoms in total. The Hall–Kier alpha value is -2.41. The van der Waals surface area contributed by atoms with Crippen molar-refractivity contribution < 1.29 is 24.3 Å². The van der Waals surface area contributed by atoms with Gasteiger partial charge in [0, 0.05) is 25.9 Å². The standard InChI is InChI=1S/C14H17NO6/c1-20-8-2-3-9-21-13-6-4-11(5-7-14(16)17)10-12(13)15(18)19/h4-7,10H,2-3,8-9H2,1H3,(H,16,17)/b7-5+. The van der Waals surface area contributed by atoms with Gasteiger partial charge in [0.1, 0.15) is 0 Å². The molecule has 1 rings (SSSR count). The number of carbonyl (C=O) groups is 1. The average Bonchev–Trinajstić information content (AvgIpc) is 2.45. The molecule has 0 saturated heterocycles. The van der Waals surface area contributed by atoms with Crippen molar-refractivity contribution >= 4 is 17.7 Å². The molecule has 0 aliphatic heterocycles. The molecule has 0 saturated carbocycles. The van der Waals surface area contributed by atoms with E-state index < -0.39 is 10.9 Å². The van der Waals surface area contributed by atoms with Gasteiger partial charge in [-0.1, -0.05) is 6.07 Å². The lowest BCUT2D eigenvalue weighted by Crippen LogP contribution is -2.02. The Bertz CT molecular complexity index is 526. The Morgan fingerprint density at radius 1 is 1.38 bits per heavy atom. The van der Waals surface area contributed by atoms with Crippen molar-refractivity contribution in [3.05, 3.63) is 40.0 Å². The van der Waals surface area contributed by atoms with Crippen LogP contribution in [0.1, 0.15) is 18.4 Å². The molecule has 1 aromatic rings. The molecule has 0 amide bonds. The molecule has 0 bridgehead atoms. The summed E-state index contributed by atoms with van der Waals surface area (Å²) in [5.74, 6) is -0.944. The number of ether oxygens (including phenoxy) is 2. The molecule has 0 aliphatic carbocycles. The lowest BCUT2D eigenvalue weighted by Gasteiger charge is -2.07. The van der Waals surface area contributed by atoms with Gasteiger partial charge in [-0.15, -0.1) is 0 Å². The van der Waals surface area contributed by atoms with Crippen LogP contribution in [0.2, 0.25) is 0 Å². The molecule has 0 fully saturated rings. The Morgan fingerprint density at radius 3 is 2.71 bits per heavy atom. The zero-order chi connectivity index (χ0) is 15.7. The number of nitro benzene ring substituents is 1. The summed E-state index contributed by atoms with van der Waals surface area (Å²) in [5, 5.41) is 19.6. The SMILES string of the molecule is COCCCCOc1ccc(/C=C/C(=O)O)cc1[N+](=O)[O-]. The number of aliphatic carboxylic acids is 1. The largest absolute Gasteiger partial charge is 0.487 e. The topological polar surface area (TPSA) is 98.9 Å². The van der Waals surface area contributed by atoms with Gasteiger partial charge in [-0.25, -0.2) is 4.79 Å². The Balaban J connectivity index is 2.75. The molecule has 1 aromatic carbocycles. The number of hydrogen-bond donors (Lipinski definition) is 1. The second kappa shape index (κ2) is 8.70. The van der Waals surface area contributed by atoms with E-state index in [4.69, 9.17) is 14.6 Å². The summed E-state index contributed by atoms with van der Waals surface area (Å²) in [7, 11) is 1.61. The van der Waals surface area contributed by atoms with E-state index in [2.05, 4.69) is 0 Å². The first kappa shape index (κ1) is 16.6. The van der Waals surface area contributed by atoms with E-state index in [-0.39, 0.29) is 11.4 Å². The van der Waals surface area contributed by atoms with Gasteiger partial charge in [-0.2, -0.15) is 0 Å². The number of benzene rings is 1. The van der Waals surface area contributed by atoms with E-state index in [1.807, 2.05) is 0 Å². The fourth-order valence-corrected chi connectivity index (χ4v) is 1.60. The predicted molar refractivity (Wildman–Crippen MR) is 76.4 cm³/mol. The van der Waals surface area contributed by atoms with Gasteiger partial charge in [0.05, 0.1) is 11.5 Å². The van der Waals surface area contributed by atoms with E-state index >= 15 is 0 Å². The van der Waals surface area contributed by atoms with Crippen molar-refractivity contribution in [2.24, 2.45) is 0 Å². The Morgan fingerprint density at radius 2 is 2.10 bits per heavy atom. The molecule has 0 heterocycles. The predicted octanol–water partition coefficient (Wildman–Crippen LogP) is 2.50. The van der Waals surface area contributed by atoms with Crippen LogP contribution in [0.3, 0.4) is 0 Å². The zero-order valence-corrected chi connectivity index (χ0v) is 11.7. The molecule has 0 spiro atoms. The number of unbranched alkanes of at least 4 members (excludes halogenated alkanes) is 1. The molecular formula is C14H17NO6. The zero-order valence-electron chi connectivity index (χ0n) is 11.7. The fourth-order valence-electron chi connectivity index (χ4n) is 1.60. The van der Waals surface area contributed by atoms with Crippen molar-refractivity contribution in [2.45, 2.75) is 12.8 Å². The first-order valence-corrected chi connectivity index (χ1v) is 6.35. The van der Waals surface area contributed by atoms with Crippen molar-refractivity contribution in [2.75, 3.05) is 20.3 Å². The molecular weight excluding hydrogens is 278 g/mol. The quantitative estimate of drug-likeness (QED) is 0.325. The first-order chi connectivity index (χ1) is 10.0. The molecule has 0 aliphatic rings. The van der Waals surface area contributed by atoms with Gasteiger partial charge in [0.2, 0.25) is 0 Å². The smallest absolute Gasteiger partial charge is 0.328 e. The highest BCUT2D eigenvalue weighted by Crippen LogP contribution is 2.28. The first-order valence-electron chi connectivity index (χ1n) is 6.35. The average molecular weight is 295 g/mol. The number of methoxy groups -OCH3 is 1. The van der Waals surface area contributed by atoms with Crippen molar-refractivity contribution in [3.8, 4) is 5.75 Å². The molecule has 1 N–H and O–H groups in total. The van der Waals surface area contributed by atoms with Crippen molar-refractivity contribution in [3.63, 3.8) is 0 Å². The highest BCUT2D eigenvalue weighted by molar-refractivity contribution is 5.85. The number of hydrogen-bond acceptors (Lipinski definition) is 5. The number of rotatable bonds is 9. The van der Waals surface area contributed by atoms with Crippen LogP contribution in [-0.2, 0) is 9.53 Å². The van der Waals surface area contributed by atoms with Gasteiger partial charge in [0.15, 0.2) is 5.75 Å². The summed E-state index contributed by atoms with van der Waals surface area (Å²) in [5.41, 5.74) is 0.241. The Labute approximate surface area is 121 Å². The summed E-state index contributed by atoms with van der Waals surface area (Å²) >= 11 is 0. The molecule has 0 aromatic heterocycles. The van der Waals surface area contributed by atoms with Gasteiger partial charge < -0.3 is 14.6 Å². The summed E-state index contributed by atoms with van der Waals surface area (Å²) in [4.78, 5) is 20.9. The van der Waals surface area contributed by atoms with Crippen molar-refractivity contribution in [1.82, 2.24) is 0 Å². The Kier molecular flexibility index (Phi) is 6.90. The summed E-state index contributed by atoms with van der Waals surface area (Å²) in [6, 6.07) is 4.32. The third kappa shape index (κ3) is 6.05.